The lowest BCUT2D eigenvalue weighted by atomic mass is 10.2. The number of carbonyl (C=O) groups excluding carboxylic acids is 1. The third-order valence-corrected chi connectivity index (χ3v) is 4.91. The lowest BCUT2D eigenvalue weighted by Crippen LogP contribution is -2.49. The minimum absolute atomic E-state index is 0.253. The molecule has 1 fully saturated rings. The van der Waals surface area contributed by atoms with Crippen LogP contribution in [0.15, 0.2) is 24.3 Å². The maximum Gasteiger partial charge on any atom is 0.282 e. The molecule has 2 aromatic rings. The molecule has 8 heteroatoms. The van der Waals surface area contributed by atoms with Crippen molar-refractivity contribution in [2.75, 3.05) is 19.6 Å². The predicted molar refractivity (Wildman–Crippen MR) is 90.2 cm³/mol. The van der Waals surface area contributed by atoms with Crippen molar-refractivity contribution in [3.05, 3.63) is 45.7 Å². The van der Waals surface area contributed by atoms with Crippen LogP contribution in [0.5, 0.6) is 0 Å². The van der Waals surface area contributed by atoms with E-state index in [1.54, 1.807) is 12.1 Å². The van der Waals surface area contributed by atoms with E-state index in [1.165, 1.54) is 23.5 Å². The molecule has 1 amide bonds. The van der Waals surface area contributed by atoms with Crippen molar-refractivity contribution in [1.82, 2.24) is 25.7 Å². The molecular formula is C16H20FN5OS. The molecule has 1 atom stereocenters. The average molecular weight is 349 g/mol. The molecule has 3 rings (SSSR count). The molecule has 1 aliphatic rings. The Labute approximate surface area is 144 Å². The topological polar surface area (TPSA) is 70.1 Å². The largest absolute Gasteiger partial charge is 0.346 e. The minimum atomic E-state index is -0.291. The highest BCUT2D eigenvalue weighted by Crippen LogP contribution is 2.15. The number of hydrogen-bond donors (Lipinski definition) is 2. The molecule has 6 nitrogen and oxygen atoms in total. The average Bonchev–Trinajstić information content (AvgIpc) is 3.05. The number of piperazine rings is 1. The molecule has 2 heterocycles. The number of hydrogen-bond acceptors (Lipinski definition) is 6. The summed E-state index contributed by atoms with van der Waals surface area (Å²) in [6.07, 6.45) is 0. The van der Waals surface area contributed by atoms with Gasteiger partial charge in [-0.15, -0.1) is 10.2 Å². The first kappa shape index (κ1) is 16.9. The smallest absolute Gasteiger partial charge is 0.282 e. The number of aromatic nitrogens is 2. The second-order valence-electron chi connectivity index (χ2n) is 5.83. The van der Waals surface area contributed by atoms with E-state index in [0.717, 1.165) is 30.2 Å². The van der Waals surface area contributed by atoms with Crippen LogP contribution in [0.25, 0.3) is 0 Å². The zero-order valence-corrected chi connectivity index (χ0v) is 14.3. The molecule has 1 saturated heterocycles. The van der Waals surface area contributed by atoms with Crippen LogP contribution in [-0.2, 0) is 13.1 Å². The van der Waals surface area contributed by atoms with Crippen molar-refractivity contribution in [3.8, 4) is 0 Å². The molecule has 0 saturated carbocycles. The number of halogens is 1. The fourth-order valence-electron chi connectivity index (χ4n) is 2.56. The molecule has 0 aliphatic carbocycles. The van der Waals surface area contributed by atoms with Crippen LogP contribution in [0.4, 0.5) is 4.39 Å². The van der Waals surface area contributed by atoms with Gasteiger partial charge in [0.2, 0.25) is 5.01 Å². The maximum absolute atomic E-state index is 12.9. The molecular weight excluding hydrogens is 329 g/mol. The summed E-state index contributed by atoms with van der Waals surface area (Å²) in [7, 11) is 0. The normalized spacial score (nSPS) is 18.5. The fraction of sp³-hybridized carbons (Fsp3) is 0.438. The van der Waals surface area contributed by atoms with Crippen LogP contribution < -0.4 is 10.6 Å². The number of amides is 1. The van der Waals surface area contributed by atoms with Gasteiger partial charge >= 0.3 is 0 Å². The Morgan fingerprint density at radius 2 is 2.21 bits per heavy atom. The van der Waals surface area contributed by atoms with Crippen molar-refractivity contribution < 1.29 is 9.18 Å². The molecule has 128 valence electrons. The first-order valence-corrected chi connectivity index (χ1v) is 8.73. The maximum atomic E-state index is 12.9. The van der Waals surface area contributed by atoms with Gasteiger partial charge in [0.15, 0.2) is 0 Å². The predicted octanol–water partition coefficient (Wildman–Crippen LogP) is 1.40. The van der Waals surface area contributed by atoms with Crippen LogP contribution in [0.2, 0.25) is 0 Å². The summed E-state index contributed by atoms with van der Waals surface area (Å²) in [6, 6.07) is 6.48. The van der Waals surface area contributed by atoms with Crippen molar-refractivity contribution in [2.24, 2.45) is 0 Å². The van der Waals surface area contributed by atoms with E-state index in [4.69, 9.17) is 0 Å². The highest BCUT2D eigenvalue weighted by atomic mass is 32.1. The van der Waals surface area contributed by atoms with Gasteiger partial charge in [0.1, 0.15) is 10.8 Å². The van der Waals surface area contributed by atoms with Gasteiger partial charge in [-0.05, 0) is 24.6 Å². The fourth-order valence-corrected chi connectivity index (χ4v) is 3.34. The molecule has 2 N–H and O–H groups in total. The Bertz CT molecular complexity index is 690. The van der Waals surface area contributed by atoms with E-state index in [1.807, 2.05) is 0 Å². The molecule has 1 aromatic carbocycles. The van der Waals surface area contributed by atoms with E-state index in [0.29, 0.717) is 24.1 Å². The van der Waals surface area contributed by atoms with E-state index < -0.39 is 0 Å². The number of benzene rings is 1. The summed E-state index contributed by atoms with van der Waals surface area (Å²) in [5.41, 5.74) is 0.837. The van der Waals surface area contributed by atoms with Gasteiger partial charge in [0.25, 0.3) is 5.91 Å². The van der Waals surface area contributed by atoms with Crippen LogP contribution in [0.3, 0.4) is 0 Å². The summed E-state index contributed by atoms with van der Waals surface area (Å²) < 4.78 is 12.9. The Morgan fingerprint density at radius 3 is 2.96 bits per heavy atom. The number of nitrogens with zero attached hydrogens (tertiary/aromatic N) is 3. The first-order valence-electron chi connectivity index (χ1n) is 7.91. The SMILES string of the molecule is C[C@@H]1CNCCN1Cc1nnc(C(=O)NCc2ccc(F)cc2)s1. The van der Waals surface area contributed by atoms with Crippen LogP contribution in [0.1, 0.15) is 27.3 Å². The minimum Gasteiger partial charge on any atom is -0.346 e. The second kappa shape index (κ2) is 7.78. The standard InChI is InChI=1S/C16H20FN5OS/c1-11-8-18-6-7-22(11)10-14-20-21-16(24-14)15(23)19-9-12-2-4-13(17)5-3-12/h2-5,11,18H,6-10H2,1H3,(H,19,23)/t11-/m1/s1. The molecule has 1 aliphatic heterocycles. The number of nitrogens with one attached hydrogen (secondary N) is 2. The second-order valence-corrected chi connectivity index (χ2v) is 6.90. The molecule has 0 spiro atoms. The quantitative estimate of drug-likeness (QED) is 0.854. The van der Waals surface area contributed by atoms with Crippen LogP contribution in [0, 0.1) is 5.82 Å². The molecule has 0 radical (unpaired) electrons. The van der Waals surface area contributed by atoms with Gasteiger partial charge in [-0.3, -0.25) is 9.69 Å². The number of carbonyl (C=O) groups is 1. The van der Waals surface area contributed by atoms with E-state index in [9.17, 15) is 9.18 Å². The molecule has 0 unspecified atom stereocenters. The molecule has 1 aromatic heterocycles. The summed E-state index contributed by atoms with van der Waals surface area (Å²) in [6.45, 7) is 6.11. The first-order chi connectivity index (χ1) is 11.6. The van der Waals surface area contributed by atoms with Crippen molar-refractivity contribution in [2.45, 2.75) is 26.1 Å². The Morgan fingerprint density at radius 1 is 1.42 bits per heavy atom. The highest BCUT2D eigenvalue weighted by molar-refractivity contribution is 7.13. The monoisotopic (exact) mass is 349 g/mol. The number of rotatable bonds is 5. The van der Waals surface area contributed by atoms with Gasteiger partial charge in [0.05, 0.1) is 6.54 Å². The zero-order chi connectivity index (χ0) is 16.9. The van der Waals surface area contributed by atoms with Crippen molar-refractivity contribution in [1.29, 1.82) is 0 Å². The van der Waals surface area contributed by atoms with E-state index in [2.05, 4.69) is 32.7 Å². The van der Waals surface area contributed by atoms with Gasteiger partial charge in [-0.1, -0.05) is 23.5 Å². The summed E-state index contributed by atoms with van der Waals surface area (Å²) in [4.78, 5) is 14.5. The molecule has 24 heavy (non-hydrogen) atoms. The van der Waals surface area contributed by atoms with Crippen LogP contribution >= 0.6 is 11.3 Å². The summed E-state index contributed by atoms with van der Waals surface area (Å²) >= 11 is 1.32. The van der Waals surface area contributed by atoms with Gasteiger partial charge < -0.3 is 10.6 Å². The van der Waals surface area contributed by atoms with Crippen molar-refractivity contribution >= 4 is 17.2 Å². The lowest BCUT2D eigenvalue weighted by molar-refractivity contribution is 0.0950. The third-order valence-electron chi connectivity index (χ3n) is 4.00. The zero-order valence-electron chi connectivity index (χ0n) is 13.5. The molecule has 0 bridgehead atoms. The summed E-state index contributed by atoms with van der Waals surface area (Å²) in [5.74, 6) is -0.544. The summed E-state index contributed by atoms with van der Waals surface area (Å²) in [5, 5.41) is 15.4. The highest BCUT2D eigenvalue weighted by Gasteiger charge is 2.20. The van der Waals surface area contributed by atoms with Crippen molar-refractivity contribution in [3.63, 3.8) is 0 Å². The van der Waals surface area contributed by atoms with Gasteiger partial charge in [-0.25, -0.2) is 4.39 Å². The van der Waals surface area contributed by atoms with E-state index >= 15 is 0 Å². The Kier molecular flexibility index (Phi) is 5.49. The third kappa shape index (κ3) is 4.34. The Balaban J connectivity index is 1.54. The lowest BCUT2D eigenvalue weighted by Gasteiger charge is -2.32. The van der Waals surface area contributed by atoms with Gasteiger partial charge in [-0.2, -0.15) is 0 Å². The Hall–Kier alpha value is -1.90. The van der Waals surface area contributed by atoms with Crippen LogP contribution in [-0.4, -0.2) is 46.7 Å². The van der Waals surface area contributed by atoms with Gasteiger partial charge in [0, 0.05) is 32.2 Å². The van der Waals surface area contributed by atoms with E-state index in [-0.39, 0.29) is 11.7 Å².